The zero-order valence-corrected chi connectivity index (χ0v) is 8.01. The average Bonchev–Trinajstić information content (AvgIpc) is 2.45. The molecule has 0 aromatic heterocycles. The van der Waals surface area contributed by atoms with Crippen LogP contribution in [0.5, 0.6) is 5.75 Å². The predicted molar refractivity (Wildman–Crippen MR) is 51.0 cm³/mol. The smallest absolute Gasteiger partial charge is 0.296 e. The van der Waals surface area contributed by atoms with E-state index in [1.807, 2.05) is 0 Å². The van der Waals surface area contributed by atoms with Gasteiger partial charge < -0.3 is 10.1 Å². The second-order valence-corrected chi connectivity index (χ2v) is 3.22. The van der Waals surface area contributed by atoms with Crippen LogP contribution in [0.25, 0.3) is 0 Å². The molecule has 1 aromatic carbocycles. The Morgan fingerprint density at radius 3 is 2.71 bits per heavy atom. The zero-order valence-electron chi connectivity index (χ0n) is 7.26. The Bertz CT molecular complexity index is 442. The van der Waals surface area contributed by atoms with Crippen molar-refractivity contribution in [3.05, 3.63) is 22.7 Å². The van der Waals surface area contributed by atoms with Crippen molar-refractivity contribution in [3.63, 3.8) is 0 Å². The molecule has 1 aliphatic rings. The fraction of sp³-hybridized carbons (Fsp3) is 0.111. The van der Waals surface area contributed by atoms with Crippen molar-refractivity contribution in [1.82, 2.24) is 0 Å². The minimum Gasteiger partial charge on any atom is -0.497 e. The molecule has 0 saturated carbocycles. The monoisotopic (exact) mass is 211 g/mol. The van der Waals surface area contributed by atoms with Crippen LogP contribution < -0.4 is 10.1 Å². The molecule has 0 radical (unpaired) electrons. The van der Waals surface area contributed by atoms with Crippen molar-refractivity contribution in [2.24, 2.45) is 0 Å². The van der Waals surface area contributed by atoms with E-state index in [1.54, 1.807) is 6.07 Å². The number of anilines is 1. The van der Waals surface area contributed by atoms with E-state index in [1.165, 1.54) is 13.2 Å². The van der Waals surface area contributed by atoms with Crippen molar-refractivity contribution in [1.29, 1.82) is 0 Å². The molecule has 1 heterocycles. The average molecular weight is 212 g/mol. The van der Waals surface area contributed by atoms with E-state index in [9.17, 15) is 9.59 Å². The Morgan fingerprint density at radius 2 is 2.07 bits per heavy atom. The van der Waals surface area contributed by atoms with Crippen LogP contribution in [-0.4, -0.2) is 18.8 Å². The molecular weight excluding hydrogens is 206 g/mol. The molecule has 2 rings (SSSR count). The zero-order chi connectivity index (χ0) is 10.3. The third-order valence-corrected chi connectivity index (χ3v) is 2.29. The summed E-state index contributed by atoms with van der Waals surface area (Å²) < 4.78 is 4.93. The molecule has 5 heteroatoms. The third kappa shape index (κ3) is 1.15. The van der Waals surface area contributed by atoms with Crippen molar-refractivity contribution < 1.29 is 14.3 Å². The van der Waals surface area contributed by atoms with Gasteiger partial charge in [0.2, 0.25) is 0 Å². The lowest BCUT2D eigenvalue weighted by Crippen LogP contribution is -2.12. The van der Waals surface area contributed by atoms with E-state index in [0.717, 1.165) is 0 Å². The summed E-state index contributed by atoms with van der Waals surface area (Å²) in [5.74, 6) is -0.783. The summed E-state index contributed by atoms with van der Waals surface area (Å²) in [5, 5.41) is 2.69. The summed E-state index contributed by atoms with van der Waals surface area (Å²) in [4.78, 5) is 22.3. The fourth-order valence-electron chi connectivity index (χ4n) is 1.30. The maximum absolute atomic E-state index is 11.3. The molecule has 1 aliphatic heterocycles. The first kappa shape index (κ1) is 9.02. The molecule has 1 amide bonds. The maximum Gasteiger partial charge on any atom is 0.296 e. The van der Waals surface area contributed by atoms with Gasteiger partial charge >= 0.3 is 0 Å². The van der Waals surface area contributed by atoms with Crippen molar-refractivity contribution in [3.8, 4) is 5.75 Å². The number of carbonyl (C=O) groups excluding carboxylic acids is 2. The molecule has 0 fully saturated rings. The number of carbonyl (C=O) groups is 2. The topological polar surface area (TPSA) is 55.4 Å². The number of hydrogen-bond acceptors (Lipinski definition) is 3. The number of nitrogens with one attached hydrogen (secondary N) is 1. The molecule has 14 heavy (non-hydrogen) atoms. The summed E-state index contributed by atoms with van der Waals surface area (Å²) in [6.07, 6.45) is 0. The Kier molecular flexibility index (Phi) is 1.93. The number of fused-ring (bicyclic) bond motifs is 1. The van der Waals surface area contributed by atoms with Crippen LogP contribution in [0.4, 0.5) is 5.69 Å². The number of halogens is 1. The molecule has 0 atom stereocenters. The van der Waals surface area contributed by atoms with Gasteiger partial charge in [0.1, 0.15) is 5.75 Å². The first-order chi connectivity index (χ1) is 6.63. The Morgan fingerprint density at radius 1 is 1.36 bits per heavy atom. The first-order valence-electron chi connectivity index (χ1n) is 3.86. The highest BCUT2D eigenvalue weighted by Crippen LogP contribution is 2.34. The largest absolute Gasteiger partial charge is 0.497 e. The molecule has 4 nitrogen and oxygen atoms in total. The van der Waals surface area contributed by atoms with Gasteiger partial charge in [-0.1, -0.05) is 11.6 Å². The highest BCUT2D eigenvalue weighted by atomic mass is 35.5. The lowest BCUT2D eigenvalue weighted by atomic mass is 10.1. The van der Waals surface area contributed by atoms with Gasteiger partial charge in [-0.05, 0) is 6.07 Å². The molecule has 0 saturated heterocycles. The van der Waals surface area contributed by atoms with E-state index in [-0.39, 0.29) is 5.56 Å². The summed E-state index contributed by atoms with van der Waals surface area (Å²) in [5.41, 5.74) is 0.627. The lowest BCUT2D eigenvalue weighted by Gasteiger charge is -2.04. The normalized spacial score (nSPS) is 13.9. The highest BCUT2D eigenvalue weighted by molar-refractivity contribution is 6.53. The van der Waals surface area contributed by atoms with Crippen LogP contribution in [0.3, 0.4) is 0 Å². The first-order valence-corrected chi connectivity index (χ1v) is 4.24. The molecule has 1 aromatic rings. The molecule has 0 bridgehead atoms. The van der Waals surface area contributed by atoms with Crippen molar-refractivity contribution in [2.45, 2.75) is 0 Å². The van der Waals surface area contributed by atoms with Crippen LogP contribution in [0.2, 0.25) is 5.02 Å². The summed E-state index contributed by atoms with van der Waals surface area (Å²) in [6.45, 7) is 0. The van der Waals surface area contributed by atoms with Crippen LogP contribution in [-0.2, 0) is 4.79 Å². The SMILES string of the molecule is COc1cc(Cl)c2c(c1)C(=O)C(=O)N2. The second-order valence-electron chi connectivity index (χ2n) is 2.82. The molecule has 0 spiro atoms. The number of rotatable bonds is 1. The maximum atomic E-state index is 11.3. The van der Waals surface area contributed by atoms with Gasteiger partial charge in [-0.3, -0.25) is 9.59 Å². The standard InChI is InChI=1S/C9H6ClNO3/c1-14-4-2-5-7(6(10)3-4)11-9(13)8(5)12/h2-3H,1H3,(H,11,12,13). The van der Waals surface area contributed by atoms with Crippen molar-refractivity contribution in [2.75, 3.05) is 12.4 Å². The molecule has 0 unspecified atom stereocenters. The number of ether oxygens (including phenoxy) is 1. The van der Waals surface area contributed by atoms with Gasteiger partial charge in [0.05, 0.1) is 23.4 Å². The Labute approximate surface area is 84.8 Å². The fourth-order valence-corrected chi connectivity index (χ4v) is 1.55. The summed E-state index contributed by atoms with van der Waals surface area (Å²) >= 11 is 5.84. The van der Waals surface area contributed by atoms with Crippen LogP contribution >= 0.6 is 11.6 Å². The summed E-state index contributed by atoms with van der Waals surface area (Å²) in [6, 6.07) is 3.03. The van der Waals surface area contributed by atoms with Gasteiger partial charge in [0.25, 0.3) is 11.7 Å². The summed E-state index contributed by atoms with van der Waals surface area (Å²) in [7, 11) is 1.47. The Balaban J connectivity index is 2.63. The molecule has 1 N–H and O–H groups in total. The molecule has 0 aliphatic carbocycles. The van der Waals surface area contributed by atoms with Gasteiger partial charge in [0, 0.05) is 6.07 Å². The minimum atomic E-state index is -0.657. The molecular formula is C9H6ClNO3. The van der Waals surface area contributed by atoms with Gasteiger partial charge in [0.15, 0.2) is 0 Å². The molecule has 72 valence electrons. The van der Waals surface area contributed by atoms with E-state index >= 15 is 0 Å². The number of amides is 1. The number of methoxy groups -OCH3 is 1. The number of hydrogen-bond donors (Lipinski definition) is 1. The van der Waals surface area contributed by atoms with E-state index in [0.29, 0.717) is 16.5 Å². The third-order valence-electron chi connectivity index (χ3n) is 1.99. The quantitative estimate of drug-likeness (QED) is 0.716. The van der Waals surface area contributed by atoms with Crippen LogP contribution in [0.1, 0.15) is 10.4 Å². The van der Waals surface area contributed by atoms with Crippen molar-refractivity contribution >= 4 is 29.0 Å². The van der Waals surface area contributed by atoms with E-state index in [4.69, 9.17) is 16.3 Å². The second kappa shape index (κ2) is 2.99. The van der Waals surface area contributed by atoms with Crippen LogP contribution in [0, 0.1) is 0 Å². The van der Waals surface area contributed by atoms with Gasteiger partial charge in [-0.2, -0.15) is 0 Å². The van der Waals surface area contributed by atoms with Crippen LogP contribution in [0.15, 0.2) is 12.1 Å². The number of ketones is 1. The Hall–Kier alpha value is -1.55. The van der Waals surface area contributed by atoms with Gasteiger partial charge in [-0.25, -0.2) is 0 Å². The highest BCUT2D eigenvalue weighted by Gasteiger charge is 2.30. The van der Waals surface area contributed by atoms with E-state index < -0.39 is 11.7 Å². The number of benzene rings is 1. The number of Topliss-reactive ketones (excluding diaryl/α,β-unsaturated/α-hetero) is 1. The lowest BCUT2D eigenvalue weighted by molar-refractivity contribution is -0.112. The predicted octanol–water partition coefficient (Wildman–Crippen LogP) is 1.48. The van der Waals surface area contributed by atoms with E-state index in [2.05, 4.69) is 5.32 Å². The minimum absolute atomic E-state index is 0.263. The van der Waals surface area contributed by atoms with Gasteiger partial charge in [-0.15, -0.1) is 0 Å².